The lowest BCUT2D eigenvalue weighted by molar-refractivity contribution is 0.154. The van der Waals surface area contributed by atoms with Gasteiger partial charge in [0.25, 0.3) is 0 Å². The number of urea groups is 1. The molecule has 0 saturated carbocycles. The fraction of sp³-hybridized carbons (Fsp3) is 0.276. The molecule has 4 rings (SSSR count). The van der Waals surface area contributed by atoms with E-state index in [1.54, 1.807) is 29.2 Å². The first-order valence-corrected chi connectivity index (χ1v) is 13.3. The molecule has 1 aliphatic heterocycles. The molecule has 0 unspecified atom stereocenters. The second kappa shape index (κ2) is 13.3. The van der Waals surface area contributed by atoms with Gasteiger partial charge in [0.2, 0.25) is 0 Å². The average molecular weight is 550 g/mol. The Hall–Kier alpha value is -3.57. The number of benzene rings is 3. The Morgan fingerprint density at radius 2 is 1.76 bits per heavy atom. The summed E-state index contributed by atoms with van der Waals surface area (Å²) in [7, 11) is 0. The Kier molecular flexibility index (Phi) is 9.61. The number of halogens is 2. The van der Waals surface area contributed by atoms with Crippen LogP contribution in [0.15, 0.2) is 71.9 Å². The summed E-state index contributed by atoms with van der Waals surface area (Å²) in [6.07, 6.45) is 1.70. The molecule has 0 spiro atoms. The topological polar surface area (TPSA) is 81.0 Å². The Labute approximate surface area is 233 Å². The van der Waals surface area contributed by atoms with Crippen LogP contribution in [0.5, 0.6) is 0 Å². The first-order chi connectivity index (χ1) is 18.4. The number of nitrogens with zero attached hydrogens (tertiary/aromatic N) is 4. The van der Waals surface area contributed by atoms with E-state index in [1.165, 1.54) is 0 Å². The molecule has 1 saturated heterocycles. The van der Waals surface area contributed by atoms with E-state index in [0.717, 1.165) is 48.5 Å². The Morgan fingerprint density at radius 1 is 1.05 bits per heavy atom. The van der Waals surface area contributed by atoms with Crippen molar-refractivity contribution >= 4 is 46.3 Å². The second-order valence-electron chi connectivity index (χ2n) is 8.90. The highest BCUT2D eigenvalue weighted by molar-refractivity contribution is 6.35. The lowest BCUT2D eigenvalue weighted by atomic mass is 10.0. The monoisotopic (exact) mass is 549 g/mol. The fourth-order valence-electron chi connectivity index (χ4n) is 4.29. The summed E-state index contributed by atoms with van der Waals surface area (Å²) >= 11 is 12.3. The number of hydrogen-bond acceptors (Lipinski definition) is 5. The molecule has 1 aliphatic rings. The Morgan fingerprint density at radius 3 is 2.42 bits per heavy atom. The van der Waals surface area contributed by atoms with Gasteiger partial charge in [-0.05, 0) is 60.5 Å². The van der Waals surface area contributed by atoms with Crippen LogP contribution in [0.1, 0.15) is 25.3 Å². The van der Waals surface area contributed by atoms with Gasteiger partial charge in [0, 0.05) is 60.4 Å². The quantitative estimate of drug-likeness (QED) is 0.305. The maximum absolute atomic E-state index is 13.5. The minimum Gasteiger partial charge on any atom is -0.396 e. The SMILES string of the molecule is CCON=C1CCN(CCN(C(=O)Nc2cc(Cl)cc(Cl)c2)c2ccc(-c3cccc(C#N)c3)cc2)CC1. The number of anilines is 2. The molecule has 7 nitrogen and oxygen atoms in total. The van der Waals surface area contributed by atoms with Crippen LogP contribution < -0.4 is 10.2 Å². The zero-order chi connectivity index (χ0) is 26.9. The van der Waals surface area contributed by atoms with Gasteiger partial charge in [-0.2, -0.15) is 5.26 Å². The molecular weight excluding hydrogens is 521 g/mol. The van der Waals surface area contributed by atoms with Crippen LogP contribution in [0.3, 0.4) is 0 Å². The standard InChI is InChI=1S/C29H29Cl2N5O2/c1-2-38-34-26-10-12-35(13-11-26)14-15-36(29(37)33-27-18-24(30)17-25(31)19-27)28-8-6-22(7-9-28)23-5-3-4-21(16-23)20-32/h3-9,16-19H,2,10-15H2,1H3,(H,33,37). The van der Waals surface area contributed by atoms with Gasteiger partial charge >= 0.3 is 6.03 Å². The second-order valence-corrected chi connectivity index (χ2v) is 9.77. The van der Waals surface area contributed by atoms with Gasteiger partial charge in [0.05, 0.1) is 17.3 Å². The van der Waals surface area contributed by atoms with Crippen molar-refractivity contribution in [3.63, 3.8) is 0 Å². The molecule has 2 amide bonds. The number of nitrogens with one attached hydrogen (secondary N) is 1. The summed E-state index contributed by atoms with van der Waals surface area (Å²) in [6, 6.07) is 22.0. The summed E-state index contributed by atoms with van der Waals surface area (Å²) < 4.78 is 0. The summed E-state index contributed by atoms with van der Waals surface area (Å²) in [5, 5.41) is 17.2. The highest BCUT2D eigenvalue weighted by Crippen LogP contribution is 2.26. The van der Waals surface area contributed by atoms with Gasteiger partial charge in [-0.15, -0.1) is 0 Å². The van der Waals surface area contributed by atoms with Gasteiger partial charge in [0.15, 0.2) is 0 Å². The molecule has 0 atom stereocenters. The van der Waals surface area contributed by atoms with Gasteiger partial charge in [0.1, 0.15) is 6.61 Å². The van der Waals surface area contributed by atoms with Crippen LogP contribution in [0.4, 0.5) is 16.2 Å². The van der Waals surface area contributed by atoms with E-state index >= 15 is 0 Å². The zero-order valence-electron chi connectivity index (χ0n) is 21.2. The highest BCUT2D eigenvalue weighted by Gasteiger charge is 2.21. The van der Waals surface area contributed by atoms with Crippen LogP contribution in [0.25, 0.3) is 11.1 Å². The number of likely N-dealkylation sites (tertiary alicyclic amines) is 1. The molecular formula is C29H29Cl2N5O2. The molecule has 1 N–H and O–H groups in total. The minimum atomic E-state index is -0.279. The molecule has 1 fully saturated rings. The molecule has 3 aromatic rings. The molecule has 196 valence electrons. The summed E-state index contributed by atoms with van der Waals surface area (Å²) in [4.78, 5) is 22.7. The smallest absolute Gasteiger partial charge is 0.326 e. The zero-order valence-corrected chi connectivity index (χ0v) is 22.7. The first-order valence-electron chi connectivity index (χ1n) is 12.5. The third-order valence-electron chi connectivity index (χ3n) is 6.26. The van der Waals surface area contributed by atoms with Crippen molar-refractivity contribution in [1.29, 1.82) is 5.26 Å². The number of hydrogen-bond donors (Lipinski definition) is 1. The first kappa shape index (κ1) is 27.5. The lowest BCUT2D eigenvalue weighted by Crippen LogP contribution is -2.43. The summed E-state index contributed by atoms with van der Waals surface area (Å²) in [6.45, 7) is 5.40. The predicted molar refractivity (Wildman–Crippen MR) is 154 cm³/mol. The largest absolute Gasteiger partial charge is 0.396 e. The van der Waals surface area contributed by atoms with Crippen molar-refractivity contribution in [3.05, 3.63) is 82.3 Å². The summed E-state index contributed by atoms with van der Waals surface area (Å²) in [5.74, 6) is 0. The van der Waals surface area contributed by atoms with E-state index in [4.69, 9.17) is 28.0 Å². The molecule has 0 bridgehead atoms. The Bertz CT molecular complexity index is 1310. The van der Waals surface area contributed by atoms with Gasteiger partial charge in [-0.3, -0.25) is 4.90 Å². The lowest BCUT2D eigenvalue weighted by Gasteiger charge is -2.30. The van der Waals surface area contributed by atoms with Crippen molar-refractivity contribution in [1.82, 2.24) is 4.90 Å². The van der Waals surface area contributed by atoms with Crippen LogP contribution in [0.2, 0.25) is 10.0 Å². The van der Waals surface area contributed by atoms with E-state index in [0.29, 0.717) is 41.0 Å². The van der Waals surface area contributed by atoms with Crippen LogP contribution in [-0.4, -0.2) is 49.4 Å². The predicted octanol–water partition coefficient (Wildman–Crippen LogP) is 7.06. The van der Waals surface area contributed by atoms with Crippen molar-refractivity contribution in [2.75, 3.05) is 43.0 Å². The number of amides is 2. The molecule has 3 aromatic carbocycles. The fourth-order valence-corrected chi connectivity index (χ4v) is 4.82. The minimum absolute atomic E-state index is 0.279. The molecule has 1 heterocycles. The number of carbonyl (C=O) groups is 1. The van der Waals surface area contributed by atoms with E-state index in [1.807, 2.05) is 49.4 Å². The molecule has 38 heavy (non-hydrogen) atoms. The van der Waals surface area contributed by atoms with Crippen molar-refractivity contribution in [3.8, 4) is 17.2 Å². The maximum Gasteiger partial charge on any atom is 0.326 e. The average Bonchev–Trinajstić information content (AvgIpc) is 2.92. The molecule has 0 aliphatic carbocycles. The number of nitriles is 1. The number of piperidine rings is 1. The third kappa shape index (κ3) is 7.48. The van der Waals surface area contributed by atoms with Gasteiger partial charge in [-0.25, -0.2) is 4.79 Å². The maximum atomic E-state index is 13.5. The molecule has 0 aromatic heterocycles. The van der Waals surface area contributed by atoms with Crippen molar-refractivity contribution < 1.29 is 9.63 Å². The van der Waals surface area contributed by atoms with E-state index in [-0.39, 0.29) is 6.03 Å². The van der Waals surface area contributed by atoms with E-state index in [2.05, 4.69) is 21.4 Å². The number of oxime groups is 1. The van der Waals surface area contributed by atoms with E-state index < -0.39 is 0 Å². The van der Waals surface area contributed by atoms with Gasteiger partial charge < -0.3 is 15.1 Å². The van der Waals surface area contributed by atoms with Crippen LogP contribution >= 0.6 is 23.2 Å². The third-order valence-corrected chi connectivity index (χ3v) is 6.70. The number of carbonyl (C=O) groups excluding carboxylic acids is 1. The molecule has 9 heteroatoms. The van der Waals surface area contributed by atoms with Crippen molar-refractivity contribution in [2.24, 2.45) is 5.16 Å². The van der Waals surface area contributed by atoms with E-state index in [9.17, 15) is 10.1 Å². The summed E-state index contributed by atoms with van der Waals surface area (Å²) in [5.41, 5.74) is 4.86. The van der Waals surface area contributed by atoms with Crippen LogP contribution in [-0.2, 0) is 4.84 Å². The van der Waals surface area contributed by atoms with Crippen molar-refractivity contribution in [2.45, 2.75) is 19.8 Å². The van der Waals surface area contributed by atoms with Crippen LogP contribution in [0, 0.1) is 11.3 Å². The number of rotatable bonds is 8. The Balaban J connectivity index is 1.51. The highest BCUT2D eigenvalue weighted by atomic mass is 35.5. The molecule has 0 radical (unpaired) electrons. The normalized spacial score (nSPS) is 13.5. The van der Waals surface area contributed by atoms with Gasteiger partial charge in [-0.1, -0.05) is 52.6 Å².